The minimum absolute atomic E-state index is 0.116. The summed E-state index contributed by atoms with van der Waals surface area (Å²) >= 11 is 0. The van der Waals surface area contributed by atoms with Crippen LogP contribution in [0.3, 0.4) is 0 Å². The van der Waals surface area contributed by atoms with Crippen molar-refractivity contribution in [3.8, 4) is 0 Å². The predicted molar refractivity (Wildman–Crippen MR) is 59.3 cm³/mol. The number of hydrogen-bond acceptors (Lipinski definition) is 3. The van der Waals surface area contributed by atoms with E-state index in [1.54, 1.807) is 10.8 Å². The first-order valence-electron chi connectivity index (χ1n) is 4.86. The van der Waals surface area contributed by atoms with Gasteiger partial charge in [0, 0.05) is 22.7 Å². The number of nitrogens with zero attached hydrogens (tertiary/aromatic N) is 1. The fraction of sp³-hybridized carbons (Fsp3) is 0.167. The summed E-state index contributed by atoms with van der Waals surface area (Å²) in [6, 6.07) is 7.45. The van der Waals surface area contributed by atoms with Gasteiger partial charge in [-0.2, -0.15) is 0 Å². The van der Waals surface area contributed by atoms with E-state index < -0.39 is 0 Å². The topological polar surface area (TPSA) is 48.3 Å². The molecule has 2 aromatic rings. The second kappa shape index (κ2) is 4.18. The van der Waals surface area contributed by atoms with Crippen molar-refractivity contribution in [2.75, 3.05) is 7.11 Å². The second-order valence-electron chi connectivity index (χ2n) is 3.42. The molecular formula is C12H11NO3. The van der Waals surface area contributed by atoms with Crippen LogP contribution in [0.1, 0.15) is 10.4 Å². The molecule has 0 aliphatic rings. The lowest BCUT2D eigenvalue weighted by atomic mass is 10.2. The van der Waals surface area contributed by atoms with Crippen LogP contribution in [0.15, 0.2) is 30.5 Å². The highest BCUT2D eigenvalue weighted by molar-refractivity contribution is 5.98. The lowest BCUT2D eigenvalue weighted by Crippen LogP contribution is -2.10. The first-order chi connectivity index (χ1) is 7.76. The molecule has 82 valence electrons. The van der Waals surface area contributed by atoms with Crippen molar-refractivity contribution in [2.24, 2.45) is 0 Å². The van der Waals surface area contributed by atoms with Crippen LogP contribution < -0.4 is 0 Å². The van der Waals surface area contributed by atoms with Crippen molar-refractivity contribution < 1.29 is 14.3 Å². The first kappa shape index (κ1) is 10.4. The zero-order valence-corrected chi connectivity index (χ0v) is 8.84. The molecule has 0 N–H and O–H groups in total. The summed E-state index contributed by atoms with van der Waals surface area (Å²) < 4.78 is 6.31. The highest BCUT2D eigenvalue weighted by atomic mass is 16.5. The molecule has 0 spiro atoms. The largest absolute Gasteiger partial charge is 0.468 e. The molecule has 16 heavy (non-hydrogen) atoms. The zero-order valence-electron chi connectivity index (χ0n) is 8.84. The maximum absolute atomic E-state index is 11.2. The molecule has 0 saturated heterocycles. The Morgan fingerprint density at radius 1 is 1.44 bits per heavy atom. The molecule has 4 heteroatoms. The van der Waals surface area contributed by atoms with E-state index in [1.165, 1.54) is 7.11 Å². The zero-order chi connectivity index (χ0) is 11.5. The second-order valence-corrected chi connectivity index (χ2v) is 3.42. The van der Waals surface area contributed by atoms with E-state index in [-0.39, 0.29) is 12.5 Å². The number of rotatable bonds is 3. The molecule has 4 nitrogen and oxygen atoms in total. The number of carbonyl (C=O) groups excluding carboxylic acids is 2. The molecule has 0 radical (unpaired) electrons. The van der Waals surface area contributed by atoms with Gasteiger partial charge in [-0.05, 0) is 6.07 Å². The summed E-state index contributed by atoms with van der Waals surface area (Å²) in [6.45, 7) is 0.116. The Morgan fingerprint density at radius 2 is 2.19 bits per heavy atom. The predicted octanol–water partition coefficient (Wildman–Crippen LogP) is 1.63. The quantitative estimate of drug-likeness (QED) is 0.580. The van der Waals surface area contributed by atoms with Crippen LogP contribution in [0.25, 0.3) is 10.9 Å². The van der Waals surface area contributed by atoms with Gasteiger partial charge in [0.2, 0.25) is 0 Å². The van der Waals surface area contributed by atoms with Crippen molar-refractivity contribution >= 4 is 23.2 Å². The summed E-state index contributed by atoms with van der Waals surface area (Å²) in [7, 11) is 1.34. The minimum Gasteiger partial charge on any atom is -0.468 e. The van der Waals surface area contributed by atoms with E-state index in [2.05, 4.69) is 4.74 Å². The van der Waals surface area contributed by atoms with Crippen LogP contribution in [0.4, 0.5) is 0 Å². The first-order valence-corrected chi connectivity index (χ1v) is 4.86. The number of fused-ring (bicyclic) bond motifs is 1. The summed E-state index contributed by atoms with van der Waals surface area (Å²) in [5, 5.41) is 0.849. The van der Waals surface area contributed by atoms with Gasteiger partial charge in [0.1, 0.15) is 6.54 Å². The Balaban J connectivity index is 2.53. The molecule has 0 bridgehead atoms. The monoisotopic (exact) mass is 217 g/mol. The number of carbonyl (C=O) groups is 2. The van der Waals surface area contributed by atoms with Crippen LogP contribution in [0.5, 0.6) is 0 Å². The number of aldehydes is 1. The summed E-state index contributed by atoms with van der Waals surface area (Å²) in [6.07, 6.45) is 2.45. The Hall–Kier alpha value is -2.10. The van der Waals surface area contributed by atoms with Gasteiger partial charge in [-0.15, -0.1) is 0 Å². The van der Waals surface area contributed by atoms with Gasteiger partial charge in [-0.1, -0.05) is 18.2 Å². The van der Waals surface area contributed by atoms with E-state index in [1.807, 2.05) is 24.3 Å². The van der Waals surface area contributed by atoms with E-state index in [9.17, 15) is 9.59 Å². The SMILES string of the molecule is COC(=O)Cn1cc(C=O)c2ccccc21. The van der Waals surface area contributed by atoms with Gasteiger partial charge in [-0.25, -0.2) is 0 Å². The van der Waals surface area contributed by atoms with Gasteiger partial charge in [-0.3, -0.25) is 9.59 Å². The third kappa shape index (κ3) is 1.69. The molecule has 0 amide bonds. The molecule has 0 atom stereocenters. The van der Waals surface area contributed by atoms with Gasteiger partial charge in [0.25, 0.3) is 0 Å². The number of para-hydroxylation sites is 1. The Kier molecular flexibility index (Phi) is 2.72. The van der Waals surface area contributed by atoms with Gasteiger partial charge in [0.05, 0.1) is 7.11 Å². The normalized spacial score (nSPS) is 10.3. The summed E-state index contributed by atoms with van der Waals surface area (Å²) in [5.74, 6) is -0.335. The van der Waals surface area contributed by atoms with Gasteiger partial charge < -0.3 is 9.30 Å². The number of ether oxygens (including phenoxy) is 1. The molecule has 2 rings (SSSR count). The average Bonchev–Trinajstić information content (AvgIpc) is 2.68. The molecule has 0 fully saturated rings. The van der Waals surface area contributed by atoms with Crippen molar-refractivity contribution in [1.29, 1.82) is 0 Å². The molecule has 1 heterocycles. The highest BCUT2D eigenvalue weighted by Gasteiger charge is 2.09. The molecule has 0 aliphatic heterocycles. The number of benzene rings is 1. The standard InChI is InChI=1S/C12H11NO3/c1-16-12(15)7-13-6-9(8-14)10-4-2-3-5-11(10)13/h2-6,8H,7H2,1H3. The number of aromatic nitrogens is 1. The molecular weight excluding hydrogens is 206 g/mol. The van der Waals surface area contributed by atoms with Crippen LogP contribution in [-0.2, 0) is 16.1 Å². The van der Waals surface area contributed by atoms with E-state index in [4.69, 9.17) is 0 Å². The van der Waals surface area contributed by atoms with Crippen LogP contribution >= 0.6 is 0 Å². The third-order valence-corrected chi connectivity index (χ3v) is 2.47. The highest BCUT2D eigenvalue weighted by Crippen LogP contribution is 2.19. The minimum atomic E-state index is -0.335. The van der Waals surface area contributed by atoms with E-state index in [0.29, 0.717) is 5.56 Å². The molecule has 0 aliphatic carbocycles. The van der Waals surface area contributed by atoms with Gasteiger partial charge >= 0.3 is 5.97 Å². The average molecular weight is 217 g/mol. The molecule has 1 aromatic heterocycles. The van der Waals surface area contributed by atoms with Crippen LogP contribution in [-0.4, -0.2) is 23.9 Å². The Bertz CT molecular complexity index is 542. The smallest absolute Gasteiger partial charge is 0.325 e. The lowest BCUT2D eigenvalue weighted by molar-refractivity contribution is -0.141. The number of hydrogen-bond donors (Lipinski definition) is 0. The summed E-state index contributed by atoms with van der Waals surface area (Å²) in [5.41, 5.74) is 1.44. The van der Waals surface area contributed by atoms with E-state index in [0.717, 1.165) is 17.2 Å². The molecule has 0 unspecified atom stereocenters. The number of methoxy groups -OCH3 is 1. The molecule has 0 saturated carbocycles. The lowest BCUT2D eigenvalue weighted by Gasteiger charge is -2.02. The Labute approximate surface area is 92.4 Å². The van der Waals surface area contributed by atoms with Crippen molar-refractivity contribution in [3.05, 3.63) is 36.0 Å². The van der Waals surface area contributed by atoms with E-state index >= 15 is 0 Å². The number of esters is 1. The maximum atomic E-state index is 11.2. The fourth-order valence-corrected chi connectivity index (χ4v) is 1.70. The van der Waals surface area contributed by atoms with Crippen LogP contribution in [0, 0.1) is 0 Å². The van der Waals surface area contributed by atoms with Crippen LogP contribution in [0.2, 0.25) is 0 Å². The third-order valence-electron chi connectivity index (χ3n) is 2.47. The van der Waals surface area contributed by atoms with Crippen molar-refractivity contribution in [1.82, 2.24) is 4.57 Å². The van der Waals surface area contributed by atoms with Gasteiger partial charge in [0.15, 0.2) is 6.29 Å². The summed E-state index contributed by atoms with van der Waals surface area (Å²) in [4.78, 5) is 22.1. The Morgan fingerprint density at radius 3 is 2.88 bits per heavy atom. The fourth-order valence-electron chi connectivity index (χ4n) is 1.70. The maximum Gasteiger partial charge on any atom is 0.325 e. The van der Waals surface area contributed by atoms with Crippen molar-refractivity contribution in [3.63, 3.8) is 0 Å². The van der Waals surface area contributed by atoms with Crippen molar-refractivity contribution in [2.45, 2.75) is 6.54 Å². The molecule has 1 aromatic carbocycles.